The molecule has 1 unspecified atom stereocenters. The number of carbonyl (C=O) groups is 2. The number of hydrogen-bond acceptors (Lipinski definition) is 5. The number of nitrogens with one attached hydrogen (secondary N) is 1. The predicted molar refractivity (Wildman–Crippen MR) is 94.8 cm³/mol. The van der Waals surface area contributed by atoms with Gasteiger partial charge in [0.15, 0.2) is 0 Å². The number of thiophene rings is 1. The van der Waals surface area contributed by atoms with Crippen molar-refractivity contribution in [1.29, 1.82) is 0 Å². The Labute approximate surface area is 154 Å². The quantitative estimate of drug-likeness (QED) is 0.860. The molecule has 2 heterocycles. The predicted octanol–water partition coefficient (Wildman–Crippen LogP) is 2.31. The maximum absolute atomic E-state index is 13.3. The van der Waals surface area contributed by atoms with Crippen LogP contribution in [0.3, 0.4) is 0 Å². The number of nitrogens with zero attached hydrogens (tertiary/aromatic N) is 1. The summed E-state index contributed by atoms with van der Waals surface area (Å²) in [6.07, 6.45) is 0.341. The number of amides is 2. The Hall–Kier alpha value is -2.26. The van der Waals surface area contributed by atoms with Crippen LogP contribution in [0.15, 0.2) is 40.6 Å². The summed E-state index contributed by atoms with van der Waals surface area (Å²) in [6.45, 7) is 3.68. The highest BCUT2D eigenvalue weighted by molar-refractivity contribution is 7.90. The van der Waals surface area contributed by atoms with E-state index < -0.39 is 27.3 Å². The SMILES string of the molecule is Cc1ccsc1C(=O)N1CCC1(C)C(=O)NS(=O)(=O)c1cccc(F)c1. The molecule has 1 N–H and O–H groups in total. The third-order valence-electron chi connectivity index (χ3n) is 4.54. The second-order valence-corrected chi connectivity index (χ2v) is 8.90. The average Bonchev–Trinajstić information content (AvgIpc) is 2.98. The Morgan fingerprint density at radius 2 is 2.04 bits per heavy atom. The van der Waals surface area contributed by atoms with Crippen LogP contribution in [0.25, 0.3) is 0 Å². The lowest BCUT2D eigenvalue weighted by molar-refractivity contribution is -0.135. The first-order valence-electron chi connectivity index (χ1n) is 7.84. The zero-order chi connectivity index (χ0) is 19.1. The fourth-order valence-electron chi connectivity index (χ4n) is 2.76. The van der Waals surface area contributed by atoms with E-state index in [0.717, 1.165) is 17.7 Å². The third kappa shape index (κ3) is 3.12. The van der Waals surface area contributed by atoms with Crippen molar-refractivity contribution in [2.24, 2.45) is 0 Å². The molecule has 1 aliphatic rings. The van der Waals surface area contributed by atoms with Gasteiger partial charge in [0.2, 0.25) is 0 Å². The molecule has 138 valence electrons. The monoisotopic (exact) mass is 396 g/mol. The molecule has 1 aromatic heterocycles. The normalized spacial score (nSPS) is 19.7. The topological polar surface area (TPSA) is 83.6 Å². The van der Waals surface area contributed by atoms with Gasteiger partial charge in [0, 0.05) is 6.54 Å². The number of likely N-dealkylation sites (tertiary alicyclic amines) is 1. The lowest BCUT2D eigenvalue weighted by Crippen LogP contribution is -2.67. The molecular formula is C17H17FN2O4S2. The maximum atomic E-state index is 13.3. The van der Waals surface area contributed by atoms with Crippen LogP contribution in [0.2, 0.25) is 0 Å². The number of hydrogen-bond donors (Lipinski definition) is 1. The Kier molecular flexibility index (Phi) is 4.61. The summed E-state index contributed by atoms with van der Waals surface area (Å²) in [5.41, 5.74) is -0.462. The molecule has 0 aliphatic carbocycles. The van der Waals surface area contributed by atoms with Crippen LogP contribution < -0.4 is 4.72 Å². The summed E-state index contributed by atoms with van der Waals surface area (Å²) in [6, 6.07) is 6.19. The Bertz CT molecular complexity index is 986. The zero-order valence-corrected chi connectivity index (χ0v) is 15.8. The number of benzene rings is 1. The highest BCUT2D eigenvalue weighted by Gasteiger charge is 2.51. The van der Waals surface area contributed by atoms with Gasteiger partial charge in [0.25, 0.3) is 21.8 Å². The molecule has 2 aromatic rings. The second kappa shape index (κ2) is 6.48. The van der Waals surface area contributed by atoms with Crippen molar-refractivity contribution in [3.63, 3.8) is 0 Å². The van der Waals surface area contributed by atoms with E-state index in [0.29, 0.717) is 17.8 Å². The third-order valence-corrected chi connectivity index (χ3v) is 6.88. The largest absolute Gasteiger partial charge is 0.323 e. The number of halogens is 1. The van der Waals surface area contributed by atoms with E-state index >= 15 is 0 Å². The molecule has 9 heteroatoms. The molecule has 1 aliphatic heterocycles. The minimum atomic E-state index is -4.23. The van der Waals surface area contributed by atoms with E-state index in [9.17, 15) is 22.4 Å². The van der Waals surface area contributed by atoms with E-state index in [1.165, 1.54) is 35.3 Å². The van der Waals surface area contributed by atoms with Gasteiger partial charge < -0.3 is 4.90 Å². The first-order chi connectivity index (χ1) is 12.1. The summed E-state index contributed by atoms with van der Waals surface area (Å²) < 4.78 is 39.9. The first-order valence-corrected chi connectivity index (χ1v) is 10.2. The molecule has 1 fully saturated rings. The van der Waals surface area contributed by atoms with Crippen LogP contribution in [0, 0.1) is 12.7 Å². The van der Waals surface area contributed by atoms with Crippen molar-refractivity contribution in [2.75, 3.05) is 6.54 Å². The van der Waals surface area contributed by atoms with Gasteiger partial charge in [0.05, 0.1) is 9.77 Å². The highest BCUT2D eigenvalue weighted by Crippen LogP contribution is 2.34. The molecule has 26 heavy (non-hydrogen) atoms. The van der Waals surface area contributed by atoms with E-state index in [1.54, 1.807) is 12.3 Å². The van der Waals surface area contributed by atoms with Crippen molar-refractivity contribution in [3.8, 4) is 0 Å². The second-order valence-electron chi connectivity index (χ2n) is 6.31. The Balaban J connectivity index is 1.81. The Morgan fingerprint density at radius 3 is 2.58 bits per heavy atom. The minimum Gasteiger partial charge on any atom is -0.323 e. The smallest absolute Gasteiger partial charge is 0.265 e. The molecule has 1 aromatic carbocycles. The lowest BCUT2D eigenvalue weighted by Gasteiger charge is -2.48. The molecule has 0 saturated carbocycles. The summed E-state index contributed by atoms with van der Waals surface area (Å²) in [7, 11) is -4.23. The molecule has 0 radical (unpaired) electrons. The first kappa shape index (κ1) is 18.5. The standard InChI is InChI=1S/C17H17FN2O4S2/c1-11-6-9-25-14(11)15(21)20-8-7-17(20,2)16(22)19-26(23,24)13-5-3-4-12(18)10-13/h3-6,9-10H,7-8H2,1-2H3,(H,19,22). The molecule has 0 spiro atoms. The molecular weight excluding hydrogens is 379 g/mol. The van der Waals surface area contributed by atoms with Crippen LogP contribution in [-0.2, 0) is 14.8 Å². The van der Waals surface area contributed by atoms with Crippen LogP contribution in [0.5, 0.6) is 0 Å². The molecule has 0 bridgehead atoms. The fraction of sp³-hybridized carbons (Fsp3) is 0.294. The van der Waals surface area contributed by atoms with Gasteiger partial charge in [0.1, 0.15) is 11.4 Å². The fourth-order valence-corrected chi connectivity index (χ4v) is 4.74. The average molecular weight is 396 g/mol. The van der Waals surface area contributed by atoms with Crippen LogP contribution in [0.1, 0.15) is 28.6 Å². The van der Waals surface area contributed by atoms with E-state index in [1.807, 2.05) is 10.8 Å². The molecule has 3 rings (SSSR count). The number of aryl methyl sites for hydroxylation is 1. The van der Waals surface area contributed by atoms with Crippen molar-refractivity contribution in [2.45, 2.75) is 30.7 Å². The number of carbonyl (C=O) groups excluding carboxylic acids is 2. The summed E-state index contributed by atoms with van der Waals surface area (Å²) >= 11 is 1.28. The van der Waals surface area contributed by atoms with Crippen molar-refractivity contribution in [1.82, 2.24) is 9.62 Å². The van der Waals surface area contributed by atoms with Gasteiger partial charge in [-0.3, -0.25) is 9.59 Å². The number of sulfonamides is 1. The van der Waals surface area contributed by atoms with E-state index in [4.69, 9.17) is 0 Å². The van der Waals surface area contributed by atoms with Crippen LogP contribution >= 0.6 is 11.3 Å². The zero-order valence-electron chi connectivity index (χ0n) is 14.2. The molecule has 2 amide bonds. The highest BCUT2D eigenvalue weighted by atomic mass is 32.2. The van der Waals surface area contributed by atoms with Crippen LogP contribution in [0.4, 0.5) is 4.39 Å². The van der Waals surface area contributed by atoms with Gasteiger partial charge in [-0.25, -0.2) is 17.5 Å². The van der Waals surface area contributed by atoms with Crippen molar-refractivity contribution >= 4 is 33.2 Å². The Morgan fingerprint density at radius 1 is 1.31 bits per heavy atom. The van der Waals surface area contributed by atoms with E-state index in [2.05, 4.69) is 0 Å². The number of rotatable bonds is 4. The minimum absolute atomic E-state index is 0.301. The lowest BCUT2D eigenvalue weighted by atomic mass is 9.85. The molecule has 1 atom stereocenters. The van der Waals surface area contributed by atoms with E-state index in [-0.39, 0.29) is 10.8 Å². The van der Waals surface area contributed by atoms with Gasteiger partial charge in [-0.1, -0.05) is 6.07 Å². The van der Waals surface area contributed by atoms with Crippen molar-refractivity contribution in [3.05, 3.63) is 52.0 Å². The summed E-state index contributed by atoms with van der Waals surface area (Å²) in [5, 5.41) is 1.79. The molecule has 1 saturated heterocycles. The maximum Gasteiger partial charge on any atom is 0.265 e. The molecule has 6 nitrogen and oxygen atoms in total. The van der Waals surface area contributed by atoms with Crippen molar-refractivity contribution < 1.29 is 22.4 Å². The van der Waals surface area contributed by atoms with Crippen LogP contribution in [-0.4, -0.2) is 37.2 Å². The summed E-state index contributed by atoms with van der Waals surface area (Å²) in [5.74, 6) is -1.83. The summed E-state index contributed by atoms with van der Waals surface area (Å²) in [4.78, 5) is 26.8. The van der Waals surface area contributed by atoms with Gasteiger partial charge >= 0.3 is 0 Å². The van der Waals surface area contributed by atoms with Gasteiger partial charge in [-0.2, -0.15) is 0 Å². The van der Waals surface area contributed by atoms with Gasteiger partial charge in [-0.05, 0) is 55.5 Å². The van der Waals surface area contributed by atoms with Gasteiger partial charge in [-0.15, -0.1) is 11.3 Å².